The second-order valence-electron chi connectivity index (χ2n) is 6.89. The summed E-state index contributed by atoms with van der Waals surface area (Å²) in [6.45, 7) is 1.66. The van der Waals surface area contributed by atoms with Crippen LogP contribution in [0.5, 0.6) is 0 Å². The van der Waals surface area contributed by atoms with Crippen molar-refractivity contribution in [2.24, 2.45) is 0 Å². The van der Waals surface area contributed by atoms with E-state index in [9.17, 15) is 24.6 Å². The number of aliphatic carboxylic acids is 1. The number of carboxylic acids is 1. The van der Waals surface area contributed by atoms with Crippen molar-refractivity contribution in [2.45, 2.75) is 38.6 Å². The van der Waals surface area contributed by atoms with Gasteiger partial charge in [-0.3, -0.25) is 9.59 Å². The minimum Gasteiger partial charge on any atom is -0.550 e. The molecule has 1 N–H and O–H groups in total. The van der Waals surface area contributed by atoms with Crippen molar-refractivity contribution in [1.82, 2.24) is 4.90 Å². The van der Waals surface area contributed by atoms with Gasteiger partial charge >= 0.3 is 0 Å². The van der Waals surface area contributed by atoms with Crippen molar-refractivity contribution in [3.8, 4) is 0 Å². The van der Waals surface area contributed by atoms with Gasteiger partial charge in [0.15, 0.2) is 11.5 Å². The lowest BCUT2D eigenvalue weighted by molar-refractivity contribution is -0.305. The third-order valence-electron chi connectivity index (χ3n) is 4.69. The van der Waals surface area contributed by atoms with E-state index in [2.05, 4.69) is 0 Å². The lowest BCUT2D eigenvalue weighted by Gasteiger charge is -2.27. The summed E-state index contributed by atoms with van der Waals surface area (Å²) in [6, 6.07) is 6.85. The Kier molecular flexibility index (Phi) is 6.60. The number of carboxylic acid groups (broad SMARTS) is 1. The van der Waals surface area contributed by atoms with Crippen molar-refractivity contribution >= 4 is 23.3 Å². The van der Waals surface area contributed by atoms with Crippen molar-refractivity contribution in [3.05, 3.63) is 41.2 Å². The van der Waals surface area contributed by atoms with Gasteiger partial charge in [0.05, 0.1) is 11.6 Å². The van der Waals surface area contributed by atoms with Gasteiger partial charge in [0.2, 0.25) is 0 Å². The molecule has 0 saturated carbocycles. The smallest absolute Gasteiger partial charge is 0.290 e. The maximum absolute atomic E-state index is 12.5. The molecule has 0 aliphatic carbocycles. The summed E-state index contributed by atoms with van der Waals surface area (Å²) in [5.41, 5.74) is 1.83. The van der Waals surface area contributed by atoms with Gasteiger partial charge in [0, 0.05) is 32.3 Å². The molecule has 0 spiro atoms. The molecule has 1 atom stereocenters. The van der Waals surface area contributed by atoms with Gasteiger partial charge in [-0.15, -0.1) is 0 Å². The first kappa shape index (κ1) is 20.5. The van der Waals surface area contributed by atoms with Gasteiger partial charge in [0.25, 0.3) is 5.91 Å². The number of nitrogens with zero attached hydrogens (tertiary/aromatic N) is 2. The molecule has 27 heavy (non-hydrogen) atoms. The van der Waals surface area contributed by atoms with E-state index in [1.165, 1.54) is 11.8 Å². The Morgan fingerprint density at radius 1 is 1.15 bits per heavy atom. The number of ketones is 1. The number of carbonyl (C=O) groups is 3. The van der Waals surface area contributed by atoms with Crippen molar-refractivity contribution < 1.29 is 24.6 Å². The molecule has 1 aromatic rings. The van der Waals surface area contributed by atoms with E-state index in [0.29, 0.717) is 25.8 Å². The van der Waals surface area contributed by atoms with Crippen LogP contribution in [-0.2, 0) is 14.4 Å². The molecular formula is C20H25N2O5-. The van der Waals surface area contributed by atoms with Crippen LogP contribution in [0.15, 0.2) is 35.6 Å². The second kappa shape index (κ2) is 8.70. The third kappa shape index (κ3) is 4.67. The summed E-state index contributed by atoms with van der Waals surface area (Å²) in [5.74, 6) is -2.51. The predicted octanol–water partition coefficient (Wildman–Crippen LogP) is 1.35. The van der Waals surface area contributed by atoms with E-state index < -0.39 is 23.7 Å². The second-order valence-corrected chi connectivity index (χ2v) is 6.89. The molecule has 0 unspecified atom stereocenters. The lowest BCUT2D eigenvalue weighted by atomic mass is 9.96. The van der Waals surface area contributed by atoms with Gasteiger partial charge in [-0.2, -0.15) is 0 Å². The Balaban J connectivity index is 2.22. The average Bonchev–Trinajstić information content (AvgIpc) is 2.86. The summed E-state index contributed by atoms with van der Waals surface area (Å²) < 4.78 is 0. The number of unbranched alkanes of at least 4 members (excludes halogenated alkanes) is 2. The largest absolute Gasteiger partial charge is 0.550 e. The fourth-order valence-corrected chi connectivity index (χ4v) is 3.27. The number of aliphatic hydroxyl groups is 1. The van der Waals surface area contributed by atoms with Crippen LogP contribution >= 0.6 is 0 Å². The Labute approximate surface area is 158 Å². The molecule has 0 radical (unpaired) electrons. The number of hydrogen-bond donors (Lipinski definition) is 1. The minimum atomic E-state index is -1.09. The zero-order chi connectivity index (χ0) is 20.1. The Morgan fingerprint density at radius 2 is 1.78 bits per heavy atom. The fourth-order valence-electron chi connectivity index (χ4n) is 3.27. The van der Waals surface area contributed by atoms with Gasteiger partial charge < -0.3 is 24.8 Å². The van der Waals surface area contributed by atoms with Crippen LogP contribution in [0.4, 0.5) is 5.69 Å². The maximum Gasteiger partial charge on any atom is 0.290 e. The van der Waals surface area contributed by atoms with E-state index >= 15 is 0 Å². The summed E-state index contributed by atoms with van der Waals surface area (Å²) in [6.07, 6.45) is 1.63. The highest BCUT2D eigenvalue weighted by molar-refractivity contribution is 6.08. The standard InChI is InChI=1S/C20H26N2O5/c1-13(23)17-18(14-8-10-15(11-9-14)21(2)3)22(20(27)19(17)26)12-6-4-5-7-16(24)25/h8-11,18,26H,4-7,12H2,1-3H3,(H,24,25)/p-1/t18-/m1/s1. The number of carbonyl (C=O) groups excluding carboxylic acids is 3. The predicted molar refractivity (Wildman–Crippen MR) is 99.0 cm³/mol. The normalized spacial score (nSPS) is 16.8. The summed E-state index contributed by atoms with van der Waals surface area (Å²) >= 11 is 0. The van der Waals surface area contributed by atoms with Crippen LogP contribution in [0.3, 0.4) is 0 Å². The first-order chi connectivity index (χ1) is 12.7. The highest BCUT2D eigenvalue weighted by atomic mass is 16.4. The first-order valence-corrected chi connectivity index (χ1v) is 8.96. The molecule has 1 aliphatic heterocycles. The Hall–Kier alpha value is -2.83. The van der Waals surface area contributed by atoms with E-state index in [1.807, 2.05) is 43.3 Å². The zero-order valence-corrected chi connectivity index (χ0v) is 15.9. The van der Waals surface area contributed by atoms with Crippen molar-refractivity contribution in [3.63, 3.8) is 0 Å². The average molecular weight is 373 g/mol. The molecule has 7 nitrogen and oxygen atoms in total. The first-order valence-electron chi connectivity index (χ1n) is 8.96. The van der Waals surface area contributed by atoms with Gasteiger partial charge in [-0.1, -0.05) is 18.6 Å². The van der Waals surface area contributed by atoms with E-state index in [1.54, 1.807) is 0 Å². The lowest BCUT2D eigenvalue weighted by Crippen LogP contribution is -2.32. The number of amides is 1. The zero-order valence-electron chi connectivity index (χ0n) is 15.9. The number of hydrogen-bond acceptors (Lipinski definition) is 6. The Morgan fingerprint density at radius 3 is 2.30 bits per heavy atom. The molecule has 0 aromatic heterocycles. The van der Waals surface area contributed by atoms with Crippen LogP contribution in [0.25, 0.3) is 0 Å². The maximum atomic E-state index is 12.5. The van der Waals surface area contributed by atoms with Gasteiger partial charge in [-0.25, -0.2) is 0 Å². The number of rotatable bonds is 9. The Bertz CT molecular complexity index is 752. The topological polar surface area (TPSA) is 101 Å². The molecule has 1 amide bonds. The monoisotopic (exact) mass is 373 g/mol. The molecule has 1 aliphatic rings. The molecule has 7 heteroatoms. The highest BCUT2D eigenvalue weighted by Crippen LogP contribution is 2.38. The van der Waals surface area contributed by atoms with Crippen LogP contribution in [0.2, 0.25) is 0 Å². The molecule has 1 heterocycles. The van der Waals surface area contributed by atoms with E-state index in [-0.39, 0.29) is 17.8 Å². The molecular weight excluding hydrogens is 348 g/mol. The molecule has 2 rings (SSSR count). The van der Waals surface area contributed by atoms with Crippen molar-refractivity contribution in [1.29, 1.82) is 0 Å². The molecule has 1 aromatic carbocycles. The molecule has 146 valence electrons. The van der Waals surface area contributed by atoms with E-state index in [0.717, 1.165) is 11.3 Å². The van der Waals surface area contributed by atoms with Crippen LogP contribution in [0.1, 0.15) is 44.2 Å². The number of aliphatic hydroxyl groups excluding tert-OH is 1. The third-order valence-corrected chi connectivity index (χ3v) is 4.69. The molecule has 0 saturated heterocycles. The van der Waals surface area contributed by atoms with Crippen LogP contribution < -0.4 is 10.0 Å². The van der Waals surface area contributed by atoms with Gasteiger partial charge in [0.1, 0.15) is 0 Å². The van der Waals surface area contributed by atoms with Crippen LogP contribution in [0, 0.1) is 0 Å². The van der Waals surface area contributed by atoms with Crippen LogP contribution in [-0.4, -0.2) is 48.3 Å². The number of anilines is 1. The number of benzene rings is 1. The van der Waals surface area contributed by atoms with E-state index in [4.69, 9.17) is 0 Å². The SMILES string of the molecule is CC(=O)C1=C(O)C(=O)N(CCCCCC(=O)[O-])[C@@H]1c1ccc(N(C)C)cc1. The minimum absolute atomic E-state index is 0.0223. The summed E-state index contributed by atoms with van der Waals surface area (Å²) in [7, 11) is 3.83. The highest BCUT2D eigenvalue weighted by Gasteiger charge is 2.41. The molecule has 0 fully saturated rings. The molecule has 0 bridgehead atoms. The van der Waals surface area contributed by atoms with Gasteiger partial charge in [-0.05, 0) is 43.9 Å². The van der Waals surface area contributed by atoms with Crippen molar-refractivity contribution in [2.75, 3.05) is 25.5 Å². The number of Topliss-reactive ketones (excluding diaryl/α,β-unsaturated/α-hetero) is 1. The quantitative estimate of drug-likeness (QED) is 0.656. The summed E-state index contributed by atoms with van der Waals surface area (Å²) in [4.78, 5) is 38.5. The summed E-state index contributed by atoms with van der Waals surface area (Å²) in [5, 5.41) is 20.7. The fraction of sp³-hybridized carbons (Fsp3) is 0.450.